The van der Waals surface area contributed by atoms with Gasteiger partial charge in [0.25, 0.3) is 0 Å². The van der Waals surface area contributed by atoms with E-state index in [9.17, 15) is 19.5 Å². The fourth-order valence-corrected chi connectivity index (χ4v) is 4.46. The van der Waals surface area contributed by atoms with Gasteiger partial charge in [0.2, 0.25) is 5.91 Å². The Morgan fingerprint density at radius 1 is 0.939 bits per heavy atom. The van der Waals surface area contributed by atoms with Crippen molar-refractivity contribution in [3.05, 3.63) is 12.2 Å². The minimum atomic E-state index is -1.15. The number of nitrogens with one attached hydrogen (secondary N) is 1. The lowest BCUT2D eigenvalue weighted by molar-refractivity contribution is -0.138. The normalized spacial score (nSPS) is 14.2. The molecule has 0 radical (unpaired) electrons. The molecule has 192 valence electrons. The highest BCUT2D eigenvalue weighted by molar-refractivity contribution is 8.00. The molecular weight excluding hydrogens is 444 g/mol. The maximum atomic E-state index is 11.8. The van der Waals surface area contributed by atoms with Crippen molar-refractivity contribution in [1.29, 1.82) is 0 Å². The van der Waals surface area contributed by atoms with Crippen molar-refractivity contribution >= 4 is 29.6 Å². The molecule has 0 aromatic heterocycles. The van der Waals surface area contributed by atoms with Crippen molar-refractivity contribution < 1.29 is 29.7 Å². The topological polar surface area (TPSA) is 150 Å². The SMILES string of the molecule is CCCCCCCCCCCC/C=C/[C@@H](SCC(N)C(=O)NCC(=O)O)C(O)CCC(=O)O. The van der Waals surface area contributed by atoms with Gasteiger partial charge < -0.3 is 26.4 Å². The number of nitrogens with two attached hydrogens (primary N) is 1. The highest BCUT2D eigenvalue weighted by Crippen LogP contribution is 2.21. The number of amides is 1. The van der Waals surface area contributed by atoms with Crippen molar-refractivity contribution in [3.8, 4) is 0 Å². The fourth-order valence-electron chi connectivity index (χ4n) is 3.29. The van der Waals surface area contributed by atoms with Crippen molar-refractivity contribution in [3.63, 3.8) is 0 Å². The number of aliphatic carboxylic acids is 2. The molecule has 0 aromatic rings. The second-order valence-electron chi connectivity index (χ2n) is 8.41. The summed E-state index contributed by atoms with van der Waals surface area (Å²) in [5.41, 5.74) is 5.82. The number of thioether (sulfide) groups is 1. The predicted molar refractivity (Wildman–Crippen MR) is 133 cm³/mol. The summed E-state index contributed by atoms with van der Waals surface area (Å²) in [5.74, 6) is -2.52. The summed E-state index contributed by atoms with van der Waals surface area (Å²) in [7, 11) is 0. The lowest BCUT2D eigenvalue weighted by Gasteiger charge is -2.21. The van der Waals surface area contributed by atoms with Gasteiger partial charge in [-0.05, 0) is 19.3 Å². The second-order valence-corrected chi connectivity index (χ2v) is 9.63. The summed E-state index contributed by atoms with van der Waals surface area (Å²) < 4.78 is 0. The third-order valence-electron chi connectivity index (χ3n) is 5.30. The van der Waals surface area contributed by atoms with Crippen LogP contribution in [-0.2, 0) is 14.4 Å². The number of hydrogen-bond acceptors (Lipinski definition) is 6. The van der Waals surface area contributed by atoms with Crippen LogP contribution in [0.4, 0.5) is 0 Å². The largest absolute Gasteiger partial charge is 0.481 e. The number of unbranched alkanes of at least 4 members (excludes halogenated alkanes) is 10. The zero-order chi connectivity index (χ0) is 24.9. The van der Waals surface area contributed by atoms with E-state index in [1.54, 1.807) is 0 Å². The monoisotopic (exact) mass is 488 g/mol. The van der Waals surface area contributed by atoms with Crippen molar-refractivity contribution in [2.45, 2.75) is 108 Å². The summed E-state index contributed by atoms with van der Waals surface area (Å²) in [6, 6.07) is -0.918. The molecule has 0 heterocycles. The molecule has 2 unspecified atom stereocenters. The van der Waals surface area contributed by atoms with Gasteiger partial charge in [-0.25, -0.2) is 0 Å². The van der Waals surface area contributed by atoms with Crippen LogP contribution in [0, 0.1) is 0 Å². The van der Waals surface area contributed by atoms with Crippen molar-refractivity contribution in [1.82, 2.24) is 5.32 Å². The molecule has 0 aromatic carbocycles. The van der Waals surface area contributed by atoms with Gasteiger partial charge in [0.05, 0.1) is 12.1 Å². The molecule has 6 N–H and O–H groups in total. The molecule has 0 bridgehead atoms. The number of allylic oxidation sites excluding steroid dienone is 1. The molecular formula is C24H44N2O6S. The molecule has 3 atom stereocenters. The summed E-state index contributed by atoms with van der Waals surface area (Å²) in [5, 5.41) is 29.8. The molecule has 0 fully saturated rings. The average molecular weight is 489 g/mol. The zero-order valence-electron chi connectivity index (χ0n) is 20.0. The van der Waals surface area contributed by atoms with Crippen LogP contribution in [0.3, 0.4) is 0 Å². The Morgan fingerprint density at radius 2 is 1.52 bits per heavy atom. The van der Waals surface area contributed by atoms with E-state index in [1.165, 1.54) is 63.1 Å². The molecule has 8 nitrogen and oxygen atoms in total. The Bertz CT molecular complexity index is 573. The summed E-state index contributed by atoms with van der Waals surface area (Å²) in [6.07, 6.45) is 16.5. The summed E-state index contributed by atoms with van der Waals surface area (Å²) >= 11 is 1.27. The lowest BCUT2D eigenvalue weighted by Crippen LogP contribution is -2.44. The Hall–Kier alpha value is -1.58. The van der Waals surface area contributed by atoms with Gasteiger partial charge in [-0.1, -0.05) is 76.9 Å². The molecule has 0 saturated heterocycles. The van der Waals surface area contributed by atoms with E-state index in [4.69, 9.17) is 15.9 Å². The minimum absolute atomic E-state index is 0.107. The third-order valence-corrected chi connectivity index (χ3v) is 6.71. The first kappa shape index (κ1) is 31.4. The first-order valence-electron chi connectivity index (χ1n) is 12.2. The Morgan fingerprint density at radius 3 is 2.06 bits per heavy atom. The number of carbonyl (C=O) groups is 3. The van der Waals surface area contributed by atoms with Gasteiger partial charge >= 0.3 is 11.9 Å². The molecule has 0 aliphatic carbocycles. The van der Waals surface area contributed by atoms with E-state index < -0.39 is 36.5 Å². The van der Waals surface area contributed by atoms with Crippen molar-refractivity contribution in [2.75, 3.05) is 12.3 Å². The number of carboxylic acids is 2. The molecule has 9 heteroatoms. The highest BCUT2D eigenvalue weighted by Gasteiger charge is 2.21. The molecule has 0 saturated carbocycles. The van der Waals surface area contributed by atoms with E-state index in [1.807, 2.05) is 12.2 Å². The predicted octanol–water partition coefficient (Wildman–Crippen LogP) is 3.71. The number of aliphatic hydroxyl groups is 1. The van der Waals surface area contributed by atoms with Crippen LogP contribution in [0.2, 0.25) is 0 Å². The van der Waals surface area contributed by atoms with Gasteiger partial charge in [0.1, 0.15) is 6.54 Å². The zero-order valence-corrected chi connectivity index (χ0v) is 20.9. The van der Waals surface area contributed by atoms with Crippen LogP contribution in [0.15, 0.2) is 12.2 Å². The molecule has 0 rings (SSSR count). The van der Waals surface area contributed by atoms with Crippen LogP contribution in [0.1, 0.15) is 90.4 Å². The van der Waals surface area contributed by atoms with E-state index in [2.05, 4.69) is 12.2 Å². The van der Waals surface area contributed by atoms with Gasteiger partial charge in [0, 0.05) is 17.4 Å². The standard InChI is InChI=1S/C24H44N2O6S/c1-2-3-4-5-6-7-8-9-10-11-12-13-14-21(20(27)15-16-22(28)29)33-18-19(25)24(32)26-17-23(30)31/h13-14,19-21,27H,2-12,15-18,25H2,1H3,(H,26,32)(H,28,29)(H,30,31)/b14-13+/t19?,20?,21-/m1/s1. The van der Waals surface area contributed by atoms with Gasteiger partial charge in [0.15, 0.2) is 0 Å². The van der Waals surface area contributed by atoms with Gasteiger partial charge in [-0.3, -0.25) is 14.4 Å². The fraction of sp³-hybridized carbons (Fsp3) is 0.792. The Balaban J connectivity index is 4.32. The first-order valence-corrected chi connectivity index (χ1v) is 13.3. The molecule has 0 aliphatic rings. The highest BCUT2D eigenvalue weighted by atomic mass is 32.2. The summed E-state index contributed by atoms with van der Waals surface area (Å²) in [6.45, 7) is 1.73. The quantitative estimate of drug-likeness (QED) is 0.114. The molecule has 33 heavy (non-hydrogen) atoms. The smallest absolute Gasteiger partial charge is 0.322 e. The van der Waals surface area contributed by atoms with Gasteiger partial charge in [-0.15, -0.1) is 11.8 Å². The van der Waals surface area contributed by atoms with Crippen LogP contribution < -0.4 is 11.1 Å². The molecule has 0 spiro atoms. The number of rotatable bonds is 22. The van der Waals surface area contributed by atoms with E-state index >= 15 is 0 Å². The van der Waals surface area contributed by atoms with Crippen LogP contribution in [0.5, 0.6) is 0 Å². The van der Waals surface area contributed by atoms with Crippen molar-refractivity contribution in [2.24, 2.45) is 5.73 Å². The Kier molecular flexibility index (Phi) is 20.0. The maximum absolute atomic E-state index is 11.8. The number of aliphatic hydroxyl groups excluding tert-OH is 1. The summed E-state index contributed by atoms with van der Waals surface area (Å²) in [4.78, 5) is 33.2. The van der Waals surface area contributed by atoms with Crippen LogP contribution in [0.25, 0.3) is 0 Å². The number of carboxylic acid groups (broad SMARTS) is 2. The molecule has 1 amide bonds. The van der Waals surface area contributed by atoms with E-state index in [0.717, 1.165) is 19.3 Å². The maximum Gasteiger partial charge on any atom is 0.322 e. The minimum Gasteiger partial charge on any atom is -0.481 e. The van der Waals surface area contributed by atoms with E-state index in [-0.39, 0.29) is 23.8 Å². The molecule has 0 aliphatic heterocycles. The number of carbonyl (C=O) groups excluding carboxylic acids is 1. The van der Waals surface area contributed by atoms with E-state index in [0.29, 0.717) is 0 Å². The van der Waals surface area contributed by atoms with Gasteiger partial charge in [-0.2, -0.15) is 0 Å². The first-order chi connectivity index (χ1) is 15.8. The average Bonchev–Trinajstić information content (AvgIpc) is 2.78. The van der Waals surface area contributed by atoms with Crippen LogP contribution >= 0.6 is 11.8 Å². The second kappa shape index (κ2) is 21.0. The number of hydrogen-bond donors (Lipinski definition) is 5. The Labute approximate surface area is 202 Å². The third kappa shape index (κ3) is 19.6. The van der Waals surface area contributed by atoms with Crippen LogP contribution in [-0.4, -0.2) is 62.9 Å². The lowest BCUT2D eigenvalue weighted by atomic mass is 10.1.